The molecule has 0 spiro atoms. The molecule has 0 saturated heterocycles. The lowest BCUT2D eigenvalue weighted by atomic mass is 9.97. The van der Waals surface area contributed by atoms with Crippen molar-refractivity contribution in [3.05, 3.63) is 18.2 Å². The molecule has 8 heteroatoms. The summed E-state index contributed by atoms with van der Waals surface area (Å²) in [4.78, 5) is 15.1. The Morgan fingerprint density at radius 3 is 2.50 bits per heavy atom. The Morgan fingerprint density at radius 1 is 1.50 bits per heavy atom. The van der Waals surface area contributed by atoms with Crippen LogP contribution in [0.15, 0.2) is 12.4 Å². The van der Waals surface area contributed by atoms with Crippen molar-refractivity contribution in [3.8, 4) is 0 Å². The average Bonchev–Trinajstić information content (AvgIpc) is 2.71. The van der Waals surface area contributed by atoms with Crippen LogP contribution in [0.25, 0.3) is 0 Å². The zero-order chi connectivity index (χ0) is 15.6. The van der Waals surface area contributed by atoms with Gasteiger partial charge in [0, 0.05) is 26.0 Å². The molecule has 1 aromatic rings. The van der Waals surface area contributed by atoms with E-state index >= 15 is 0 Å². The first kappa shape index (κ1) is 16.5. The predicted octanol–water partition coefficient (Wildman–Crippen LogP) is 1.33. The maximum absolute atomic E-state index is 13.1. The van der Waals surface area contributed by atoms with Crippen molar-refractivity contribution in [2.45, 2.75) is 32.0 Å². The van der Waals surface area contributed by atoms with Crippen molar-refractivity contribution in [3.63, 3.8) is 0 Å². The topological polar surface area (TPSA) is 67.2 Å². The Morgan fingerprint density at radius 2 is 2.10 bits per heavy atom. The van der Waals surface area contributed by atoms with Crippen LogP contribution in [-0.4, -0.2) is 33.3 Å². The van der Waals surface area contributed by atoms with Gasteiger partial charge in [-0.3, -0.25) is 4.79 Å². The Hall–Kier alpha value is -1.57. The first-order chi connectivity index (χ1) is 9.08. The van der Waals surface area contributed by atoms with Gasteiger partial charge in [0.15, 0.2) is 5.82 Å². The molecule has 1 aromatic heterocycles. The Labute approximate surface area is 114 Å². The molecule has 0 aliphatic carbocycles. The summed E-state index contributed by atoms with van der Waals surface area (Å²) < 4.78 is 40.4. The van der Waals surface area contributed by atoms with E-state index in [-0.39, 0.29) is 12.5 Å². The molecule has 0 saturated carbocycles. The molecule has 1 rings (SSSR count). The molecular weight excluding hydrogens is 275 g/mol. The predicted molar refractivity (Wildman–Crippen MR) is 65.6 cm³/mol. The fourth-order valence-electron chi connectivity index (χ4n) is 1.68. The van der Waals surface area contributed by atoms with Gasteiger partial charge in [0.25, 0.3) is 0 Å². The van der Waals surface area contributed by atoms with Crippen LogP contribution < -0.4 is 5.32 Å². The highest BCUT2D eigenvalue weighted by Crippen LogP contribution is 2.40. The van der Waals surface area contributed by atoms with Gasteiger partial charge in [-0.05, 0) is 5.92 Å². The SMILES string of the molecule is CC(C)CNC(=O)C[C@@](O)(c1nccn1C)C(F)(F)F. The normalized spacial score (nSPS) is 15.2. The molecule has 0 bridgehead atoms. The highest BCUT2D eigenvalue weighted by Gasteiger charge is 2.58. The summed E-state index contributed by atoms with van der Waals surface area (Å²) >= 11 is 0. The maximum atomic E-state index is 13.1. The van der Waals surface area contributed by atoms with Crippen molar-refractivity contribution >= 4 is 5.91 Å². The van der Waals surface area contributed by atoms with Gasteiger partial charge < -0.3 is 15.0 Å². The third-order valence-electron chi connectivity index (χ3n) is 2.78. The number of carbonyl (C=O) groups excluding carboxylic acids is 1. The second kappa shape index (κ2) is 5.82. The van der Waals surface area contributed by atoms with Crippen LogP contribution in [-0.2, 0) is 17.4 Å². The number of halogens is 3. The molecule has 0 fully saturated rings. The summed E-state index contributed by atoms with van der Waals surface area (Å²) in [5.74, 6) is -1.38. The smallest absolute Gasteiger partial charge is 0.374 e. The molecule has 0 unspecified atom stereocenters. The fourth-order valence-corrected chi connectivity index (χ4v) is 1.68. The van der Waals surface area contributed by atoms with Crippen molar-refractivity contribution in [1.29, 1.82) is 0 Å². The summed E-state index contributed by atoms with van der Waals surface area (Å²) in [6, 6.07) is 0. The van der Waals surface area contributed by atoms with Gasteiger partial charge in [0.05, 0.1) is 6.42 Å². The van der Waals surface area contributed by atoms with Crippen molar-refractivity contribution < 1.29 is 23.1 Å². The van der Waals surface area contributed by atoms with E-state index in [4.69, 9.17) is 0 Å². The van der Waals surface area contributed by atoms with Crippen molar-refractivity contribution in [1.82, 2.24) is 14.9 Å². The van der Waals surface area contributed by atoms with Crippen molar-refractivity contribution in [2.24, 2.45) is 13.0 Å². The molecule has 0 aliphatic rings. The van der Waals surface area contributed by atoms with Crippen LogP contribution in [0, 0.1) is 5.92 Å². The number of nitrogens with one attached hydrogen (secondary N) is 1. The highest BCUT2D eigenvalue weighted by molar-refractivity contribution is 5.77. The molecule has 1 atom stereocenters. The monoisotopic (exact) mass is 293 g/mol. The lowest BCUT2D eigenvalue weighted by molar-refractivity contribution is -0.271. The summed E-state index contributed by atoms with van der Waals surface area (Å²) in [5, 5.41) is 12.3. The van der Waals surface area contributed by atoms with Crippen LogP contribution in [0.5, 0.6) is 0 Å². The Balaban J connectivity index is 2.98. The third kappa shape index (κ3) is 3.50. The lowest BCUT2D eigenvalue weighted by Gasteiger charge is -2.29. The number of amides is 1. The number of rotatable bonds is 5. The number of nitrogens with zero attached hydrogens (tertiary/aromatic N) is 2. The first-order valence-corrected chi connectivity index (χ1v) is 6.11. The number of hydrogen-bond acceptors (Lipinski definition) is 3. The van der Waals surface area contributed by atoms with E-state index in [1.54, 1.807) is 0 Å². The molecular formula is C12H18F3N3O2. The van der Waals surface area contributed by atoms with Gasteiger partial charge >= 0.3 is 6.18 Å². The van der Waals surface area contributed by atoms with E-state index in [1.807, 2.05) is 13.8 Å². The molecule has 114 valence electrons. The van der Waals surface area contributed by atoms with Crippen molar-refractivity contribution in [2.75, 3.05) is 6.54 Å². The van der Waals surface area contributed by atoms with E-state index in [1.165, 1.54) is 13.2 Å². The summed E-state index contributed by atoms with van der Waals surface area (Å²) in [6.45, 7) is 3.87. The van der Waals surface area contributed by atoms with Gasteiger partial charge in [-0.2, -0.15) is 13.2 Å². The van der Waals surface area contributed by atoms with Crippen LogP contribution >= 0.6 is 0 Å². The van der Waals surface area contributed by atoms with Crippen LogP contribution in [0.3, 0.4) is 0 Å². The summed E-state index contributed by atoms with van der Waals surface area (Å²) in [6.07, 6.45) is -3.70. The molecule has 2 N–H and O–H groups in total. The van der Waals surface area contributed by atoms with Crippen LogP contribution in [0.2, 0.25) is 0 Å². The van der Waals surface area contributed by atoms with Gasteiger partial charge in [0.2, 0.25) is 11.5 Å². The largest absolute Gasteiger partial charge is 0.425 e. The number of imidazole rings is 1. The maximum Gasteiger partial charge on any atom is 0.425 e. The van der Waals surface area contributed by atoms with Gasteiger partial charge in [-0.15, -0.1) is 0 Å². The summed E-state index contributed by atoms with van der Waals surface area (Å²) in [7, 11) is 1.32. The van der Waals surface area contributed by atoms with E-state index in [2.05, 4.69) is 10.3 Å². The fraction of sp³-hybridized carbons (Fsp3) is 0.667. The summed E-state index contributed by atoms with van der Waals surface area (Å²) in [5.41, 5.74) is -3.30. The van der Waals surface area contributed by atoms with Gasteiger partial charge in [-0.25, -0.2) is 4.98 Å². The highest BCUT2D eigenvalue weighted by atomic mass is 19.4. The number of hydrogen-bond donors (Lipinski definition) is 2. The molecule has 1 heterocycles. The molecule has 0 aliphatic heterocycles. The second-order valence-corrected chi connectivity index (χ2v) is 5.09. The molecule has 0 radical (unpaired) electrons. The number of carbonyl (C=O) groups is 1. The van der Waals surface area contributed by atoms with Crippen LogP contribution in [0.1, 0.15) is 26.1 Å². The molecule has 5 nitrogen and oxygen atoms in total. The molecule has 1 amide bonds. The number of aliphatic hydroxyl groups is 1. The number of aromatic nitrogens is 2. The number of aryl methyl sites for hydroxylation is 1. The van der Waals surface area contributed by atoms with E-state index < -0.39 is 29.9 Å². The molecule has 20 heavy (non-hydrogen) atoms. The lowest BCUT2D eigenvalue weighted by Crippen LogP contribution is -2.48. The Kier molecular flexibility index (Phi) is 4.80. The minimum absolute atomic E-state index is 0.103. The first-order valence-electron chi connectivity index (χ1n) is 6.11. The quantitative estimate of drug-likeness (QED) is 0.860. The standard InChI is InChI=1S/C12H18F3N3O2/c1-8(2)7-17-9(19)6-11(20,12(13,14)15)10-16-4-5-18(10)3/h4-5,8,20H,6-7H2,1-3H3,(H,17,19)/t11-/m1/s1. The molecule has 0 aromatic carbocycles. The van der Waals surface area contributed by atoms with Crippen LogP contribution in [0.4, 0.5) is 13.2 Å². The van der Waals surface area contributed by atoms with Gasteiger partial charge in [-0.1, -0.05) is 13.8 Å². The van der Waals surface area contributed by atoms with E-state index in [0.29, 0.717) is 0 Å². The zero-order valence-corrected chi connectivity index (χ0v) is 11.5. The minimum atomic E-state index is -5.00. The average molecular weight is 293 g/mol. The minimum Gasteiger partial charge on any atom is -0.374 e. The number of alkyl halides is 3. The van der Waals surface area contributed by atoms with E-state index in [0.717, 1.165) is 10.8 Å². The van der Waals surface area contributed by atoms with E-state index in [9.17, 15) is 23.1 Å². The Bertz CT molecular complexity index is 471. The second-order valence-electron chi connectivity index (χ2n) is 5.09. The third-order valence-corrected chi connectivity index (χ3v) is 2.78. The van der Waals surface area contributed by atoms with Gasteiger partial charge in [0.1, 0.15) is 0 Å². The zero-order valence-electron chi connectivity index (χ0n) is 11.5.